The normalized spacial score (nSPS) is 20.4. The molecule has 1 aromatic carbocycles. The van der Waals surface area contributed by atoms with Gasteiger partial charge in [0.25, 0.3) is 5.91 Å². The first-order valence-corrected chi connectivity index (χ1v) is 9.58. The first-order chi connectivity index (χ1) is 12.5. The second kappa shape index (κ2) is 8.08. The first-order valence-electron chi connectivity index (χ1n) is 9.58. The van der Waals surface area contributed by atoms with Gasteiger partial charge in [0.2, 0.25) is 0 Å². The molecule has 2 heterocycles. The zero-order valence-corrected chi connectivity index (χ0v) is 16.1. The first kappa shape index (κ1) is 18.7. The summed E-state index contributed by atoms with van der Waals surface area (Å²) in [6, 6.07) is 5.89. The molecule has 0 spiro atoms. The minimum absolute atomic E-state index is 0.0223. The van der Waals surface area contributed by atoms with Crippen LogP contribution in [0.1, 0.15) is 41.6 Å². The topological polar surface area (TPSA) is 55.9 Å². The van der Waals surface area contributed by atoms with Gasteiger partial charge in [-0.1, -0.05) is 12.1 Å². The number of likely N-dealkylation sites (N-methyl/N-ethyl adjacent to an activating group) is 2. The van der Waals surface area contributed by atoms with E-state index in [1.54, 1.807) is 4.90 Å². The minimum Gasteiger partial charge on any atom is -0.339 e. The van der Waals surface area contributed by atoms with Gasteiger partial charge in [-0.15, -0.1) is 0 Å². The molecule has 6 nitrogen and oxygen atoms in total. The van der Waals surface area contributed by atoms with Crippen LogP contribution in [0.2, 0.25) is 0 Å². The molecule has 2 fully saturated rings. The van der Waals surface area contributed by atoms with Gasteiger partial charge in [-0.05, 0) is 57.8 Å². The molecule has 2 aliphatic rings. The van der Waals surface area contributed by atoms with Crippen molar-refractivity contribution in [2.45, 2.75) is 38.6 Å². The Morgan fingerprint density at radius 1 is 1.19 bits per heavy atom. The van der Waals surface area contributed by atoms with Crippen LogP contribution in [0.4, 0.5) is 10.5 Å². The zero-order valence-electron chi connectivity index (χ0n) is 16.1. The lowest BCUT2D eigenvalue weighted by molar-refractivity contribution is 0.0793. The van der Waals surface area contributed by atoms with Gasteiger partial charge in [0.15, 0.2) is 0 Å². The monoisotopic (exact) mass is 358 g/mol. The molecule has 0 bridgehead atoms. The van der Waals surface area contributed by atoms with Crippen molar-refractivity contribution in [2.75, 3.05) is 45.6 Å². The largest absolute Gasteiger partial charge is 0.339 e. The lowest BCUT2D eigenvalue weighted by Gasteiger charge is -2.26. The van der Waals surface area contributed by atoms with E-state index >= 15 is 0 Å². The molecule has 0 saturated carbocycles. The highest BCUT2D eigenvalue weighted by Gasteiger charge is 2.26. The lowest BCUT2D eigenvalue weighted by atomic mass is 10.1. The van der Waals surface area contributed by atoms with E-state index in [4.69, 9.17) is 0 Å². The van der Waals surface area contributed by atoms with Gasteiger partial charge >= 0.3 is 6.03 Å². The van der Waals surface area contributed by atoms with Crippen LogP contribution < -0.4 is 5.32 Å². The molecule has 2 saturated heterocycles. The molecule has 1 N–H and O–H groups in total. The molecule has 3 amide bonds. The number of urea groups is 1. The summed E-state index contributed by atoms with van der Waals surface area (Å²) in [5, 5.41) is 2.97. The van der Waals surface area contributed by atoms with Gasteiger partial charge in [-0.25, -0.2) is 4.79 Å². The van der Waals surface area contributed by atoms with E-state index in [1.807, 2.05) is 37.1 Å². The van der Waals surface area contributed by atoms with E-state index in [9.17, 15) is 9.59 Å². The van der Waals surface area contributed by atoms with Crippen molar-refractivity contribution >= 4 is 17.6 Å². The Bertz CT molecular complexity index is 670. The van der Waals surface area contributed by atoms with Crippen molar-refractivity contribution < 1.29 is 9.59 Å². The number of benzene rings is 1. The van der Waals surface area contributed by atoms with Crippen LogP contribution >= 0.6 is 0 Å². The van der Waals surface area contributed by atoms with Gasteiger partial charge in [0.1, 0.15) is 0 Å². The minimum atomic E-state index is -0.161. The summed E-state index contributed by atoms with van der Waals surface area (Å²) >= 11 is 0. The van der Waals surface area contributed by atoms with Gasteiger partial charge < -0.3 is 20.0 Å². The Labute approximate surface area is 156 Å². The molecule has 0 aromatic heterocycles. The van der Waals surface area contributed by atoms with E-state index < -0.39 is 0 Å². The maximum Gasteiger partial charge on any atom is 0.321 e. The van der Waals surface area contributed by atoms with Crippen LogP contribution in [0.5, 0.6) is 0 Å². The molecule has 3 rings (SSSR count). The Balaban J connectivity index is 1.71. The number of carbonyl (C=O) groups is 2. The van der Waals surface area contributed by atoms with E-state index in [2.05, 4.69) is 17.3 Å². The maximum absolute atomic E-state index is 12.9. The zero-order chi connectivity index (χ0) is 18.7. The van der Waals surface area contributed by atoms with E-state index in [-0.39, 0.29) is 11.9 Å². The molecule has 26 heavy (non-hydrogen) atoms. The molecular formula is C20H30N4O2. The lowest BCUT2D eigenvalue weighted by Crippen LogP contribution is -2.41. The number of rotatable bonds is 4. The van der Waals surface area contributed by atoms with E-state index in [1.165, 1.54) is 6.42 Å². The van der Waals surface area contributed by atoms with Crippen LogP contribution in [-0.2, 0) is 0 Å². The van der Waals surface area contributed by atoms with Crippen molar-refractivity contribution in [1.82, 2.24) is 14.7 Å². The number of nitrogens with one attached hydrogen (secondary N) is 1. The average Bonchev–Trinajstić information content (AvgIpc) is 3.27. The molecule has 0 aliphatic carbocycles. The van der Waals surface area contributed by atoms with E-state index in [0.29, 0.717) is 23.8 Å². The van der Waals surface area contributed by atoms with Gasteiger partial charge in [-0.2, -0.15) is 0 Å². The second-order valence-electron chi connectivity index (χ2n) is 7.58. The summed E-state index contributed by atoms with van der Waals surface area (Å²) < 4.78 is 0. The third-order valence-corrected chi connectivity index (χ3v) is 5.62. The van der Waals surface area contributed by atoms with Gasteiger partial charge in [0, 0.05) is 32.7 Å². The molecule has 6 heteroatoms. The predicted molar refractivity (Wildman–Crippen MR) is 104 cm³/mol. The number of anilines is 1. The van der Waals surface area contributed by atoms with Crippen molar-refractivity contribution in [1.29, 1.82) is 0 Å². The van der Waals surface area contributed by atoms with Crippen LogP contribution in [-0.4, -0.2) is 73.0 Å². The number of amides is 3. The number of likely N-dealkylation sites (tertiary alicyclic amines) is 2. The smallest absolute Gasteiger partial charge is 0.321 e. The van der Waals surface area contributed by atoms with Crippen molar-refractivity contribution in [2.24, 2.45) is 0 Å². The van der Waals surface area contributed by atoms with Crippen LogP contribution in [0.25, 0.3) is 0 Å². The second-order valence-corrected chi connectivity index (χ2v) is 7.58. The summed E-state index contributed by atoms with van der Waals surface area (Å²) in [6.45, 7) is 5.31. The number of hydrogen-bond acceptors (Lipinski definition) is 3. The molecular weight excluding hydrogens is 328 g/mol. The van der Waals surface area contributed by atoms with Crippen LogP contribution in [0.3, 0.4) is 0 Å². The fraction of sp³-hybridized carbons (Fsp3) is 0.600. The number of aryl methyl sites for hydroxylation is 1. The third-order valence-electron chi connectivity index (χ3n) is 5.62. The fourth-order valence-electron chi connectivity index (χ4n) is 3.95. The predicted octanol–water partition coefficient (Wildman–Crippen LogP) is 2.79. The summed E-state index contributed by atoms with van der Waals surface area (Å²) in [7, 11) is 3.93. The third kappa shape index (κ3) is 4.01. The van der Waals surface area contributed by atoms with Gasteiger partial charge in [0.05, 0.1) is 11.3 Å². The summed E-state index contributed by atoms with van der Waals surface area (Å²) in [4.78, 5) is 31.5. The highest BCUT2D eigenvalue weighted by atomic mass is 16.2. The number of nitrogens with zero attached hydrogens (tertiary/aromatic N) is 3. The standard InChI is InChI=1S/C20H30N4O2/c1-15-8-6-10-17(18(15)19(25)24-12-4-5-13-24)21-20(26)23(3)14-16-9-7-11-22(16)2/h6,8,10,16H,4-5,7,9,11-14H2,1-3H3,(H,21,26)/t16-/m1/s1. The average molecular weight is 358 g/mol. The van der Waals surface area contributed by atoms with Crippen LogP contribution in [0, 0.1) is 6.92 Å². The number of carbonyl (C=O) groups excluding carboxylic acids is 2. The fourth-order valence-corrected chi connectivity index (χ4v) is 3.95. The van der Waals surface area contributed by atoms with Crippen molar-refractivity contribution in [3.8, 4) is 0 Å². The molecule has 1 atom stereocenters. The number of hydrogen-bond donors (Lipinski definition) is 1. The summed E-state index contributed by atoms with van der Waals surface area (Å²) in [6.07, 6.45) is 4.41. The van der Waals surface area contributed by atoms with Crippen molar-refractivity contribution in [3.63, 3.8) is 0 Å². The molecule has 0 radical (unpaired) electrons. The Morgan fingerprint density at radius 2 is 1.92 bits per heavy atom. The summed E-state index contributed by atoms with van der Waals surface area (Å²) in [5.74, 6) is 0.0223. The molecule has 1 aromatic rings. The highest BCUT2D eigenvalue weighted by Crippen LogP contribution is 2.24. The SMILES string of the molecule is Cc1cccc(NC(=O)N(C)C[C@H]2CCCN2C)c1C(=O)N1CCCC1. The Morgan fingerprint density at radius 3 is 2.58 bits per heavy atom. The summed E-state index contributed by atoms with van der Waals surface area (Å²) in [5.41, 5.74) is 2.13. The van der Waals surface area contributed by atoms with Crippen molar-refractivity contribution in [3.05, 3.63) is 29.3 Å². The Kier molecular flexibility index (Phi) is 5.81. The molecule has 2 aliphatic heterocycles. The molecule has 142 valence electrons. The Hall–Kier alpha value is -2.08. The maximum atomic E-state index is 12.9. The quantitative estimate of drug-likeness (QED) is 0.900. The molecule has 0 unspecified atom stereocenters. The van der Waals surface area contributed by atoms with Crippen LogP contribution in [0.15, 0.2) is 18.2 Å². The van der Waals surface area contributed by atoms with Gasteiger partial charge in [-0.3, -0.25) is 4.79 Å². The highest BCUT2D eigenvalue weighted by molar-refractivity contribution is 6.04. The van der Waals surface area contributed by atoms with E-state index in [0.717, 1.165) is 44.5 Å².